The van der Waals surface area contributed by atoms with Crippen LogP contribution in [0.25, 0.3) is 0 Å². The molecule has 0 saturated heterocycles. The van der Waals surface area contributed by atoms with Crippen molar-refractivity contribution in [2.75, 3.05) is 14.2 Å². The number of hydrogen-bond acceptors (Lipinski definition) is 5. The summed E-state index contributed by atoms with van der Waals surface area (Å²) in [4.78, 5) is 25.5. The zero-order valence-corrected chi connectivity index (χ0v) is 15.7. The van der Waals surface area contributed by atoms with E-state index < -0.39 is 5.97 Å². The standard InChI is InChI=1S/C23H20O5/c1-26-20-14-13-18(19(24)15-16-9-5-3-6-10-16)21(22(20)27-2)28-23(25)17-11-7-4-8-12-17/h3-14H,15H2,1-2H3. The van der Waals surface area contributed by atoms with Gasteiger partial charge in [0.25, 0.3) is 0 Å². The summed E-state index contributed by atoms with van der Waals surface area (Å²) in [5.74, 6) is -0.152. The summed E-state index contributed by atoms with van der Waals surface area (Å²) in [6, 6.07) is 21.1. The monoisotopic (exact) mass is 376 g/mol. The van der Waals surface area contributed by atoms with Crippen LogP contribution in [0.4, 0.5) is 0 Å². The van der Waals surface area contributed by atoms with Gasteiger partial charge >= 0.3 is 5.97 Å². The van der Waals surface area contributed by atoms with Crippen molar-refractivity contribution < 1.29 is 23.8 Å². The molecule has 0 bridgehead atoms. The SMILES string of the molecule is COc1ccc(C(=O)Cc2ccccc2)c(OC(=O)c2ccccc2)c1OC. The minimum atomic E-state index is -0.582. The number of rotatable bonds is 7. The molecule has 0 N–H and O–H groups in total. The molecule has 0 fully saturated rings. The van der Waals surface area contributed by atoms with Crippen molar-refractivity contribution in [1.82, 2.24) is 0 Å². The molecule has 3 rings (SSSR count). The number of Topliss-reactive ketones (excluding diaryl/α,β-unsaturated/α-hetero) is 1. The van der Waals surface area contributed by atoms with Gasteiger partial charge in [-0.25, -0.2) is 4.79 Å². The Morgan fingerprint density at radius 2 is 1.39 bits per heavy atom. The molecule has 0 aliphatic carbocycles. The lowest BCUT2D eigenvalue weighted by Gasteiger charge is -2.16. The highest BCUT2D eigenvalue weighted by Gasteiger charge is 2.24. The van der Waals surface area contributed by atoms with E-state index in [1.807, 2.05) is 30.3 Å². The Morgan fingerprint density at radius 3 is 2.00 bits per heavy atom. The molecule has 3 aromatic rings. The lowest BCUT2D eigenvalue weighted by Crippen LogP contribution is -2.14. The Balaban J connectivity index is 1.99. The zero-order chi connectivity index (χ0) is 19.9. The van der Waals surface area contributed by atoms with Gasteiger partial charge in [-0.3, -0.25) is 4.79 Å². The van der Waals surface area contributed by atoms with Crippen molar-refractivity contribution in [3.8, 4) is 17.2 Å². The van der Waals surface area contributed by atoms with Crippen LogP contribution in [-0.4, -0.2) is 26.0 Å². The van der Waals surface area contributed by atoms with Crippen LogP contribution in [0, 0.1) is 0 Å². The second-order valence-electron chi connectivity index (χ2n) is 6.02. The molecule has 3 aromatic carbocycles. The van der Waals surface area contributed by atoms with Crippen LogP contribution in [-0.2, 0) is 6.42 Å². The second kappa shape index (κ2) is 8.86. The lowest BCUT2D eigenvalue weighted by atomic mass is 10.0. The minimum absolute atomic E-state index is 0.0524. The maximum absolute atomic E-state index is 12.9. The van der Waals surface area contributed by atoms with Crippen molar-refractivity contribution in [1.29, 1.82) is 0 Å². The molecule has 0 heterocycles. The lowest BCUT2D eigenvalue weighted by molar-refractivity contribution is 0.0726. The fraction of sp³-hybridized carbons (Fsp3) is 0.130. The van der Waals surface area contributed by atoms with Crippen molar-refractivity contribution in [2.45, 2.75) is 6.42 Å². The molecule has 142 valence electrons. The summed E-state index contributed by atoms with van der Waals surface area (Å²) >= 11 is 0. The Kier molecular flexibility index (Phi) is 6.07. The predicted octanol–water partition coefficient (Wildman–Crippen LogP) is 4.35. The smallest absolute Gasteiger partial charge is 0.343 e. The van der Waals surface area contributed by atoms with Crippen LogP contribution >= 0.6 is 0 Å². The first-order valence-corrected chi connectivity index (χ1v) is 8.73. The summed E-state index contributed by atoms with van der Waals surface area (Å²) in [5, 5.41) is 0. The van der Waals surface area contributed by atoms with Crippen molar-refractivity contribution in [3.63, 3.8) is 0 Å². The molecule has 0 radical (unpaired) electrons. The fourth-order valence-electron chi connectivity index (χ4n) is 2.82. The van der Waals surface area contributed by atoms with Gasteiger partial charge in [-0.15, -0.1) is 0 Å². The number of benzene rings is 3. The Hall–Kier alpha value is -3.60. The number of carbonyl (C=O) groups excluding carboxylic acids is 2. The van der Waals surface area contributed by atoms with E-state index in [0.717, 1.165) is 5.56 Å². The van der Waals surface area contributed by atoms with Gasteiger partial charge in [0.2, 0.25) is 5.75 Å². The number of esters is 1. The normalized spacial score (nSPS) is 10.2. The molecule has 0 saturated carbocycles. The van der Waals surface area contributed by atoms with Crippen molar-refractivity contribution in [3.05, 3.63) is 89.5 Å². The summed E-state index contributed by atoms with van der Waals surface area (Å²) in [7, 11) is 2.91. The maximum Gasteiger partial charge on any atom is 0.343 e. The molecule has 0 amide bonds. The van der Waals surface area contributed by atoms with E-state index in [2.05, 4.69) is 0 Å². The van der Waals surface area contributed by atoms with Crippen LogP contribution in [0.1, 0.15) is 26.3 Å². The first-order chi connectivity index (χ1) is 13.6. The first kappa shape index (κ1) is 19.2. The van der Waals surface area contributed by atoms with Gasteiger partial charge in [0.15, 0.2) is 17.3 Å². The van der Waals surface area contributed by atoms with Crippen LogP contribution in [0.2, 0.25) is 0 Å². The molecule has 28 heavy (non-hydrogen) atoms. The average Bonchev–Trinajstić information content (AvgIpc) is 2.74. The van der Waals surface area contributed by atoms with Crippen molar-refractivity contribution in [2.24, 2.45) is 0 Å². The third kappa shape index (κ3) is 4.20. The topological polar surface area (TPSA) is 61.8 Å². The molecule has 0 aliphatic rings. The van der Waals surface area contributed by atoms with Crippen molar-refractivity contribution >= 4 is 11.8 Å². The van der Waals surface area contributed by atoms with Gasteiger partial charge in [0.1, 0.15) is 0 Å². The molecule has 0 aromatic heterocycles. The number of carbonyl (C=O) groups is 2. The van der Waals surface area contributed by atoms with Crippen LogP contribution in [0.3, 0.4) is 0 Å². The highest BCUT2D eigenvalue weighted by Crippen LogP contribution is 2.40. The minimum Gasteiger partial charge on any atom is -0.493 e. The van der Waals surface area contributed by atoms with Gasteiger partial charge in [0.05, 0.1) is 25.3 Å². The highest BCUT2D eigenvalue weighted by atomic mass is 16.6. The second-order valence-corrected chi connectivity index (χ2v) is 6.02. The summed E-state index contributed by atoms with van der Waals surface area (Å²) < 4.78 is 16.3. The number of methoxy groups -OCH3 is 2. The fourth-order valence-corrected chi connectivity index (χ4v) is 2.82. The molecular weight excluding hydrogens is 356 g/mol. The molecule has 0 unspecified atom stereocenters. The number of ketones is 1. The Labute approximate surface area is 163 Å². The van der Waals surface area contributed by atoms with E-state index >= 15 is 0 Å². The summed E-state index contributed by atoms with van der Waals surface area (Å²) in [6.07, 6.45) is 0.173. The predicted molar refractivity (Wildman–Crippen MR) is 105 cm³/mol. The van der Waals surface area contributed by atoms with E-state index in [9.17, 15) is 9.59 Å². The van der Waals surface area contributed by atoms with E-state index in [0.29, 0.717) is 11.3 Å². The zero-order valence-electron chi connectivity index (χ0n) is 15.7. The third-order valence-electron chi connectivity index (χ3n) is 4.21. The van der Waals surface area contributed by atoms with Gasteiger partial charge in [-0.2, -0.15) is 0 Å². The van der Waals surface area contributed by atoms with Crippen LogP contribution < -0.4 is 14.2 Å². The first-order valence-electron chi connectivity index (χ1n) is 8.73. The summed E-state index contributed by atoms with van der Waals surface area (Å²) in [5.41, 5.74) is 1.49. The van der Waals surface area contributed by atoms with Crippen LogP contribution in [0.5, 0.6) is 17.2 Å². The third-order valence-corrected chi connectivity index (χ3v) is 4.21. The Morgan fingerprint density at radius 1 is 0.750 bits per heavy atom. The average molecular weight is 376 g/mol. The molecule has 5 heteroatoms. The number of hydrogen-bond donors (Lipinski definition) is 0. The largest absolute Gasteiger partial charge is 0.493 e. The van der Waals surface area contributed by atoms with Gasteiger partial charge in [-0.1, -0.05) is 48.5 Å². The van der Waals surface area contributed by atoms with Gasteiger partial charge in [-0.05, 0) is 29.8 Å². The highest BCUT2D eigenvalue weighted by molar-refractivity contribution is 6.02. The molecule has 0 atom stereocenters. The molecule has 5 nitrogen and oxygen atoms in total. The van der Waals surface area contributed by atoms with Gasteiger partial charge in [0, 0.05) is 6.42 Å². The van der Waals surface area contributed by atoms with E-state index in [1.165, 1.54) is 14.2 Å². The number of ether oxygens (including phenoxy) is 3. The van der Waals surface area contributed by atoms with Crippen LogP contribution in [0.15, 0.2) is 72.8 Å². The summed E-state index contributed by atoms with van der Waals surface area (Å²) in [6.45, 7) is 0. The van der Waals surface area contributed by atoms with E-state index in [4.69, 9.17) is 14.2 Å². The quantitative estimate of drug-likeness (QED) is 0.349. The van der Waals surface area contributed by atoms with E-state index in [1.54, 1.807) is 42.5 Å². The molecular formula is C23H20O5. The molecule has 0 spiro atoms. The Bertz CT molecular complexity index is 965. The maximum atomic E-state index is 12.9. The van der Waals surface area contributed by atoms with E-state index in [-0.39, 0.29) is 29.3 Å². The molecule has 0 aliphatic heterocycles. The van der Waals surface area contributed by atoms with Gasteiger partial charge < -0.3 is 14.2 Å².